The summed E-state index contributed by atoms with van der Waals surface area (Å²) in [5.41, 5.74) is 1.28. The number of carbonyl (C=O) groups is 1. The summed E-state index contributed by atoms with van der Waals surface area (Å²) in [5.74, 6) is -0.199. The predicted molar refractivity (Wildman–Crippen MR) is 127 cm³/mol. The fourth-order valence-corrected chi connectivity index (χ4v) is 5.87. The van der Waals surface area contributed by atoms with Crippen LogP contribution < -0.4 is 10.2 Å². The van der Waals surface area contributed by atoms with Crippen LogP contribution in [0.2, 0.25) is 0 Å². The minimum absolute atomic E-state index is 0.182. The van der Waals surface area contributed by atoms with Gasteiger partial charge in [0.15, 0.2) is 0 Å². The third-order valence-corrected chi connectivity index (χ3v) is 8.34. The smallest absolute Gasteiger partial charge is 0.253 e. The minimum Gasteiger partial charge on any atom is -0.379 e. The molecule has 2 heterocycles. The van der Waals surface area contributed by atoms with Crippen molar-refractivity contribution < 1.29 is 17.9 Å². The number of nitrogens with one attached hydrogen (secondary N) is 1. The molecule has 1 aromatic rings. The van der Waals surface area contributed by atoms with E-state index in [9.17, 15) is 13.2 Å². The van der Waals surface area contributed by atoms with Crippen LogP contribution in [0.25, 0.3) is 0 Å². The zero-order valence-corrected chi connectivity index (χ0v) is 20.3. The number of rotatable bonds is 11. The van der Waals surface area contributed by atoms with Crippen LogP contribution in [0, 0.1) is 0 Å². The highest BCUT2D eigenvalue weighted by Gasteiger charge is 2.26. The van der Waals surface area contributed by atoms with Crippen LogP contribution in [0.3, 0.4) is 0 Å². The van der Waals surface area contributed by atoms with Gasteiger partial charge in [-0.3, -0.25) is 9.69 Å². The second kappa shape index (κ2) is 12.0. The number of morpholine rings is 1. The quantitative estimate of drug-likeness (QED) is 0.504. The molecule has 0 radical (unpaired) electrons. The molecule has 1 N–H and O–H groups in total. The van der Waals surface area contributed by atoms with Crippen molar-refractivity contribution >= 4 is 21.6 Å². The predicted octanol–water partition coefficient (Wildman–Crippen LogP) is 2.16. The number of anilines is 1. The van der Waals surface area contributed by atoms with Crippen molar-refractivity contribution in [2.24, 2.45) is 0 Å². The van der Waals surface area contributed by atoms with Crippen molar-refractivity contribution in [3.63, 3.8) is 0 Å². The summed E-state index contributed by atoms with van der Waals surface area (Å²) in [7, 11) is -3.62. The number of hydrogen-bond donors (Lipinski definition) is 1. The van der Waals surface area contributed by atoms with Crippen molar-refractivity contribution in [1.82, 2.24) is 14.5 Å². The van der Waals surface area contributed by atoms with Crippen LogP contribution in [0.15, 0.2) is 23.1 Å². The lowest BCUT2D eigenvalue weighted by molar-refractivity contribution is 0.0372. The monoisotopic (exact) mass is 466 g/mol. The molecule has 0 atom stereocenters. The van der Waals surface area contributed by atoms with Crippen LogP contribution in [-0.4, -0.2) is 89.1 Å². The zero-order chi connectivity index (χ0) is 23.0. The van der Waals surface area contributed by atoms with E-state index in [0.717, 1.165) is 77.3 Å². The summed E-state index contributed by atoms with van der Waals surface area (Å²) in [6.45, 7) is 11.3. The van der Waals surface area contributed by atoms with Crippen molar-refractivity contribution in [2.75, 3.05) is 70.5 Å². The highest BCUT2D eigenvalue weighted by molar-refractivity contribution is 7.89. The van der Waals surface area contributed by atoms with E-state index in [1.54, 1.807) is 18.2 Å². The first-order valence-electron chi connectivity index (χ1n) is 11.9. The molecule has 0 unspecified atom stereocenters. The Morgan fingerprint density at radius 2 is 1.75 bits per heavy atom. The van der Waals surface area contributed by atoms with E-state index >= 15 is 0 Å². The van der Waals surface area contributed by atoms with Gasteiger partial charge in [-0.05, 0) is 50.4 Å². The van der Waals surface area contributed by atoms with Crippen molar-refractivity contribution in [2.45, 2.75) is 44.4 Å². The normalized spacial score (nSPS) is 17.8. The summed E-state index contributed by atoms with van der Waals surface area (Å²) in [6.07, 6.45) is 4.07. The fraction of sp³-hybridized carbons (Fsp3) is 0.696. The van der Waals surface area contributed by atoms with Gasteiger partial charge in [0.2, 0.25) is 10.0 Å². The van der Waals surface area contributed by atoms with Gasteiger partial charge in [0.25, 0.3) is 5.91 Å². The largest absolute Gasteiger partial charge is 0.379 e. The molecule has 1 amide bonds. The fourth-order valence-electron chi connectivity index (χ4n) is 4.39. The molecule has 2 aliphatic heterocycles. The first-order valence-corrected chi connectivity index (χ1v) is 13.4. The van der Waals surface area contributed by atoms with Gasteiger partial charge in [-0.2, -0.15) is 4.31 Å². The number of hydrogen-bond acceptors (Lipinski definition) is 6. The molecule has 2 aliphatic rings. The number of ether oxygens (including phenoxy) is 1. The van der Waals surface area contributed by atoms with Gasteiger partial charge in [0.1, 0.15) is 0 Å². The topological polar surface area (TPSA) is 82.2 Å². The lowest BCUT2D eigenvalue weighted by Crippen LogP contribution is -2.37. The Balaban J connectivity index is 1.68. The minimum atomic E-state index is -3.62. The Bertz CT molecular complexity index is 846. The summed E-state index contributed by atoms with van der Waals surface area (Å²) in [4.78, 5) is 17.9. The van der Waals surface area contributed by atoms with E-state index in [2.05, 4.69) is 15.1 Å². The van der Waals surface area contributed by atoms with E-state index < -0.39 is 10.0 Å². The van der Waals surface area contributed by atoms with Gasteiger partial charge in [0, 0.05) is 51.5 Å². The average Bonchev–Trinajstić information content (AvgIpc) is 3.34. The third kappa shape index (κ3) is 6.21. The van der Waals surface area contributed by atoms with Gasteiger partial charge < -0.3 is 15.0 Å². The van der Waals surface area contributed by atoms with E-state index in [0.29, 0.717) is 25.2 Å². The van der Waals surface area contributed by atoms with Gasteiger partial charge in [-0.1, -0.05) is 13.8 Å². The zero-order valence-electron chi connectivity index (χ0n) is 19.5. The van der Waals surface area contributed by atoms with E-state index in [-0.39, 0.29) is 10.8 Å². The molecule has 3 rings (SSSR count). The molecule has 0 spiro atoms. The second-order valence-electron chi connectivity index (χ2n) is 8.38. The maximum absolute atomic E-state index is 13.1. The van der Waals surface area contributed by atoms with Crippen LogP contribution >= 0.6 is 0 Å². The van der Waals surface area contributed by atoms with Crippen molar-refractivity contribution in [3.05, 3.63) is 23.8 Å². The lowest BCUT2D eigenvalue weighted by atomic mass is 10.1. The van der Waals surface area contributed by atoms with Gasteiger partial charge in [-0.15, -0.1) is 0 Å². The molecule has 0 aromatic heterocycles. The molecule has 180 valence electrons. The SMILES string of the molecule is CCN(CC)S(=O)(=O)c1ccc(N2CCCC2)c(C(=O)NCCCCN2CCOCC2)c1. The number of carbonyl (C=O) groups excluding carboxylic acids is 1. The number of sulfonamides is 1. The first kappa shape index (κ1) is 25.0. The molecule has 0 aliphatic carbocycles. The number of unbranched alkanes of at least 4 members (excludes halogenated alkanes) is 1. The Labute approximate surface area is 192 Å². The van der Waals surface area contributed by atoms with Crippen LogP contribution in [-0.2, 0) is 14.8 Å². The second-order valence-corrected chi connectivity index (χ2v) is 10.3. The molecule has 0 saturated carbocycles. The highest BCUT2D eigenvalue weighted by Crippen LogP contribution is 2.28. The maximum Gasteiger partial charge on any atom is 0.253 e. The van der Waals surface area contributed by atoms with E-state index in [1.165, 1.54) is 4.31 Å². The molecular weight excluding hydrogens is 428 g/mol. The summed E-state index contributed by atoms with van der Waals surface area (Å²) >= 11 is 0. The van der Waals surface area contributed by atoms with Gasteiger partial charge in [0.05, 0.1) is 23.7 Å². The molecule has 8 nitrogen and oxygen atoms in total. The van der Waals surface area contributed by atoms with Gasteiger partial charge >= 0.3 is 0 Å². The molecule has 1 aromatic carbocycles. The molecular formula is C23H38N4O4S. The number of nitrogens with zero attached hydrogens (tertiary/aromatic N) is 3. The first-order chi connectivity index (χ1) is 15.5. The van der Waals surface area contributed by atoms with Gasteiger partial charge in [-0.25, -0.2) is 8.42 Å². The Kier molecular flexibility index (Phi) is 9.34. The third-order valence-electron chi connectivity index (χ3n) is 6.29. The lowest BCUT2D eigenvalue weighted by Gasteiger charge is -2.26. The van der Waals surface area contributed by atoms with Crippen molar-refractivity contribution in [3.8, 4) is 0 Å². The Morgan fingerprint density at radius 3 is 2.41 bits per heavy atom. The van der Waals surface area contributed by atoms with Crippen LogP contribution in [0.4, 0.5) is 5.69 Å². The number of benzene rings is 1. The summed E-state index contributed by atoms with van der Waals surface area (Å²) < 4.78 is 32.8. The average molecular weight is 467 g/mol. The summed E-state index contributed by atoms with van der Waals surface area (Å²) in [6, 6.07) is 5.00. The molecule has 2 fully saturated rings. The summed E-state index contributed by atoms with van der Waals surface area (Å²) in [5, 5.41) is 3.02. The maximum atomic E-state index is 13.1. The van der Waals surface area contributed by atoms with Crippen LogP contribution in [0.1, 0.15) is 49.9 Å². The number of amides is 1. The van der Waals surface area contributed by atoms with Crippen molar-refractivity contribution in [1.29, 1.82) is 0 Å². The molecule has 9 heteroatoms. The Hall–Kier alpha value is -1.68. The molecule has 2 saturated heterocycles. The Morgan fingerprint density at radius 1 is 1.06 bits per heavy atom. The molecule has 32 heavy (non-hydrogen) atoms. The van der Waals surface area contributed by atoms with E-state index in [4.69, 9.17) is 4.74 Å². The standard InChI is InChI=1S/C23H38N4O4S/c1-3-27(4-2)32(29,30)20-9-10-22(26-13-7-8-14-26)21(19-20)23(28)24-11-5-6-12-25-15-17-31-18-16-25/h9-10,19H,3-8,11-18H2,1-2H3,(H,24,28). The van der Waals surface area contributed by atoms with Crippen LogP contribution in [0.5, 0.6) is 0 Å². The highest BCUT2D eigenvalue weighted by atomic mass is 32.2. The van der Waals surface area contributed by atoms with E-state index in [1.807, 2.05) is 13.8 Å². The molecule has 0 bridgehead atoms.